The fourth-order valence-electron chi connectivity index (χ4n) is 2.87. The van der Waals surface area contributed by atoms with Crippen molar-refractivity contribution in [2.45, 2.75) is 45.2 Å². The lowest BCUT2D eigenvalue weighted by Gasteiger charge is -2.25. The molecule has 5 nitrogen and oxygen atoms in total. The smallest absolute Gasteiger partial charge is 0.307 e. The van der Waals surface area contributed by atoms with Gasteiger partial charge in [0.2, 0.25) is 5.91 Å². The van der Waals surface area contributed by atoms with E-state index < -0.39 is 0 Å². The third-order valence-electron chi connectivity index (χ3n) is 4.31. The molecule has 1 aromatic heterocycles. The van der Waals surface area contributed by atoms with Gasteiger partial charge in [0.1, 0.15) is 0 Å². The molecular formula is C15H22N2O3S. The van der Waals surface area contributed by atoms with Crippen LogP contribution in [0, 0.1) is 12.8 Å². The number of carbonyl (C=O) groups excluding carboxylic acids is 1. The first-order chi connectivity index (χ1) is 10.1. The summed E-state index contributed by atoms with van der Waals surface area (Å²) in [6.07, 6.45) is 3.72. The van der Waals surface area contributed by atoms with Crippen LogP contribution in [0.25, 0.3) is 0 Å². The third kappa shape index (κ3) is 3.55. The van der Waals surface area contributed by atoms with Crippen LogP contribution in [0.3, 0.4) is 0 Å². The molecule has 1 unspecified atom stereocenters. The van der Waals surface area contributed by atoms with E-state index in [0.29, 0.717) is 24.9 Å². The Morgan fingerprint density at radius 2 is 2.29 bits per heavy atom. The number of carbonyl (C=O) groups is 1. The number of aromatic nitrogens is 1. The predicted octanol–water partition coefficient (Wildman–Crippen LogP) is 1.64. The van der Waals surface area contributed by atoms with Gasteiger partial charge < -0.3 is 14.2 Å². The first kappa shape index (κ1) is 14.8. The van der Waals surface area contributed by atoms with Crippen LogP contribution in [0.1, 0.15) is 31.4 Å². The maximum absolute atomic E-state index is 12.5. The zero-order valence-electron chi connectivity index (χ0n) is 12.4. The summed E-state index contributed by atoms with van der Waals surface area (Å²) < 4.78 is 7.11. The van der Waals surface area contributed by atoms with E-state index in [0.717, 1.165) is 44.7 Å². The molecule has 1 amide bonds. The Morgan fingerprint density at radius 1 is 1.48 bits per heavy atom. The molecule has 1 atom stereocenters. The van der Waals surface area contributed by atoms with Crippen LogP contribution >= 0.6 is 11.3 Å². The zero-order chi connectivity index (χ0) is 14.8. The molecule has 1 aromatic rings. The summed E-state index contributed by atoms with van der Waals surface area (Å²) in [7, 11) is 0. The van der Waals surface area contributed by atoms with Gasteiger partial charge in [-0.05, 0) is 26.2 Å². The highest BCUT2D eigenvalue weighted by Gasteiger charge is 2.34. The average Bonchev–Trinajstić information content (AvgIpc) is 3.08. The fraction of sp³-hybridized carbons (Fsp3) is 0.733. The van der Waals surface area contributed by atoms with Crippen LogP contribution < -0.4 is 4.87 Å². The van der Waals surface area contributed by atoms with Crippen molar-refractivity contribution in [1.29, 1.82) is 0 Å². The minimum atomic E-state index is 0.0301. The number of nitrogens with zero attached hydrogens (tertiary/aromatic N) is 2. The van der Waals surface area contributed by atoms with Gasteiger partial charge in [0.15, 0.2) is 0 Å². The number of thiazole rings is 1. The molecule has 1 saturated carbocycles. The second-order valence-corrected chi connectivity index (χ2v) is 6.87. The normalized spacial score (nSPS) is 21.7. The van der Waals surface area contributed by atoms with Crippen molar-refractivity contribution >= 4 is 17.2 Å². The van der Waals surface area contributed by atoms with E-state index in [1.807, 2.05) is 17.2 Å². The summed E-state index contributed by atoms with van der Waals surface area (Å²) in [5.74, 6) is 0.669. The standard InChI is InChI=1S/C15H22N2O3S/c1-11-10-21-15(19)16(11)6-4-14(18)17(13-2-3-13)8-12-5-7-20-9-12/h10,12-13H,2-9H2,1H3. The van der Waals surface area contributed by atoms with Crippen molar-refractivity contribution in [3.05, 3.63) is 20.7 Å². The van der Waals surface area contributed by atoms with E-state index in [1.54, 1.807) is 4.57 Å². The number of hydrogen-bond acceptors (Lipinski definition) is 4. The third-order valence-corrected chi connectivity index (χ3v) is 5.19. The van der Waals surface area contributed by atoms with Crippen molar-refractivity contribution in [1.82, 2.24) is 9.47 Å². The molecule has 2 fully saturated rings. The van der Waals surface area contributed by atoms with Gasteiger partial charge >= 0.3 is 4.87 Å². The minimum absolute atomic E-state index is 0.0301. The van der Waals surface area contributed by atoms with E-state index >= 15 is 0 Å². The molecule has 1 aliphatic heterocycles. The maximum atomic E-state index is 12.5. The van der Waals surface area contributed by atoms with Gasteiger partial charge in [-0.1, -0.05) is 11.3 Å². The minimum Gasteiger partial charge on any atom is -0.381 e. The second kappa shape index (κ2) is 6.32. The Bertz CT molecular complexity index is 556. The highest BCUT2D eigenvalue weighted by Crippen LogP contribution is 2.29. The van der Waals surface area contributed by atoms with E-state index in [-0.39, 0.29) is 10.8 Å². The summed E-state index contributed by atoms with van der Waals surface area (Å²) in [6.45, 7) is 4.83. The molecule has 21 heavy (non-hydrogen) atoms. The monoisotopic (exact) mass is 310 g/mol. The summed E-state index contributed by atoms with van der Waals surface area (Å²) in [6, 6.07) is 0.429. The largest absolute Gasteiger partial charge is 0.381 e. The summed E-state index contributed by atoms with van der Waals surface area (Å²) in [4.78, 5) is 26.3. The second-order valence-electron chi connectivity index (χ2n) is 6.05. The maximum Gasteiger partial charge on any atom is 0.307 e. The molecule has 6 heteroatoms. The van der Waals surface area contributed by atoms with E-state index in [9.17, 15) is 9.59 Å². The predicted molar refractivity (Wildman–Crippen MR) is 81.6 cm³/mol. The molecule has 0 radical (unpaired) electrons. The van der Waals surface area contributed by atoms with Gasteiger partial charge in [-0.3, -0.25) is 9.59 Å². The van der Waals surface area contributed by atoms with Crippen LogP contribution in [0.2, 0.25) is 0 Å². The molecule has 1 saturated heterocycles. The van der Waals surface area contributed by atoms with Crippen molar-refractivity contribution in [2.75, 3.05) is 19.8 Å². The van der Waals surface area contributed by atoms with Crippen LogP contribution in [0.4, 0.5) is 0 Å². The lowest BCUT2D eigenvalue weighted by Crippen LogP contribution is -2.38. The summed E-state index contributed by atoms with van der Waals surface area (Å²) in [5.41, 5.74) is 0.944. The molecule has 0 N–H and O–H groups in total. The van der Waals surface area contributed by atoms with Gasteiger partial charge in [-0.15, -0.1) is 0 Å². The number of rotatable bonds is 6. The number of ether oxygens (including phenoxy) is 1. The lowest BCUT2D eigenvalue weighted by atomic mass is 10.1. The van der Waals surface area contributed by atoms with Crippen LogP contribution in [0.15, 0.2) is 10.2 Å². The Labute approximate surface area is 128 Å². The Balaban J connectivity index is 1.58. The van der Waals surface area contributed by atoms with Crippen molar-refractivity contribution in [3.8, 4) is 0 Å². The highest BCUT2D eigenvalue weighted by atomic mass is 32.1. The molecule has 3 rings (SSSR count). The quantitative estimate of drug-likeness (QED) is 0.802. The first-order valence-electron chi connectivity index (χ1n) is 7.67. The van der Waals surface area contributed by atoms with Crippen LogP contribution in [-0.4, -0.2) is 41.2 Å². The topological polar surface area (TPSA) is 51.5 Å². The average molecular weight is 310 g/mol. The molecular weight excluding hydrogens is 288 g/mol. The van der Waals surface area contributed by atoms with Gasteiger partial charge in [-0.25, -0.2) is 0 Å². The molecule has 2 heterocycles. The first-order valence-corrected chi connectivity index (χ1v) is 8.55. The van der Waals surface area contributed by atoms with Crippen molar-refractivity contribution in [2.24, 2.45) is 5.92 Å². The molecule has 0 bridgehead atoms. The van der Waals surface area contributed by atoms with Gasteiger partial charge in [0.25, 0.3) is 0 Å². The summed E-state index contributed by atoms with van der Waals surface area (Å²) >= 11 is 1.20. The van der Waals surface area contributed by atoms with Gasteiger partial charge in [0.05, 0.1) is 6.61 Å². The van der Waals surface area contributed by atoms with E-state index in [1.165, 1.54) is 11.3 Å². The lowest BCUT2D eigenvalue weighted by molar-refractivity contribution is -0.132. The molecule has 116 valence electrons. The molecule has 1 aliphatic carbocycles. The van der Waals surface area contributed by atoms with Gasteiger partial charge in [-0.2, -0.15) is 0 Å². The Hall–Kier alpha value is -1.14. The zero-order valence-corrected chi connectivity index (χ0v) is 13.2. The molecule has 2 aliphatic rings. The fourth-order valence-corrected chi connectivity index (χ4v) is 3.63. The van der Waals surface area contributed by atoms with Gasteiger partial charge in [0, 0.05) is 49.2 Å². The van der Waals surface area contributed by atoms with Crippen LogP contribution in [-0.2, 0) is 16.1 Å². The number of hydrogen-bond donors (Lipinski definition) is 0. The SMILES string of the molecule is Cc1csc(=O)n1CCC(=O)N(CC1CCOC1)C1CC1. The molecule has 0 aromatic carbocycles. The number of amides is 1. The van der Waals surface area contributed by atoms with E-state index in [2.05, 4.69) is 0 Å². The van der Waals surface area contributed by atoms with Crippen LogP contribution in [0.5, 0.6) is 0 Å². The van der Waals surface area contributed by atoms with E-state index in [4.69, 9.17) is 4.74 Å². The summed E-state index contributed by atoms with van der Waals surface area (Å²) in [5, 5.41) is 1.85. The van der Waals surface area contributed by atoms with Crippen molar-refractivity contribution in [3.63, 3.8) is 0 Å². The highest BCUT2D eigenvalue weighted by molar-refractivity contribution is 7.07. The van der Waals surface area contributed by atoms with Crippen molar-refractivity contribution < 1.29 is 9.53 Å². The Kier molecular flexibility index (Phi) is 4.45. The molecule has 0 spiro atoms. The number of aryl methyl sites for hydroxylation is 1. The Morgan fingerprint density at radius 3 is 2.86 bits per heavy atom.